The molecular weight excluding hydrogens is 252 g/mol. The second-order valence-corrected chi connectivity index (χ2v) is 5.14. The lowest BCUT2D eigenvalue weighted by atomic mass is 9.90. The maximum Gasteiger partial charge on any atom is 0.337 e. The molecule has 0 spiro atoms. The maximum atomic E-state index is 11.8. The van der Waals surface area contributed by atoms with Crippen LogP contribution in [0.4, 0.5) is 0 Å². The van der Waals surface area contributed by atoms with E-state index in [0.29, 0.717) is 12.0 Å². The van der Waals surface area contributed by atoms with E-state index in [1.165, 1.54) is 0 Å². The van der Waals surface area contributed by atoms with Crippen molar-refractivity contribution in [3.63, 3.8) is 0 Å². The normalized spacial score (nSPS) is 16.1. The summed E-state index contributed by atoms with van der Waals surface area (Å²) in [6.45, 7) is 5.29. The van der Waals surface area contributed by atoms with E-state index in [4.69, 9.17) is 16.3 Å². The van der Waals surface area contributed by atoms with E-state index in [9.17, 15) is 9.90 Å². The summed E-state index contributed by atoms with van der Waals surface area (Å²) in [6.07, 6.45) is -1.23. The smallest absolute Gasteiger partial charge is 0.337 e. The number of halogens is 1. The Hall–Kier alpha value is -1.06. The molecule has 4 heteroatoms. The molecule has 1 N–H and O–H groups in total. The fourth-order valence-corrected chi connectivity index (χ4v) is 1.97. The summed E-state index contributed by atoms with van der Waals surface area (Å²) in [7, 11) is 0. The molecule has 0 fully saturated rings. The van der Waals surface area contributed by atoms with E-state index in [2.05, 4.69) is 0 Å². The molecule has 0 aliphatic carbocycles. The summed E-state index contributed by atoms with van der Waals surface area (Å²) in [5.74, 6) is -0.689. The van der Waals surface area contributed by atoms with Gasteiger partial charge in [-0.1, -0.05) is 37.3 Å². The lowest BCUT2D eigenvalue weighted by molar-refractivity contribution is -0.159. The fourth-order valence-electron chi connectivity index (χ4n) is 1.75. The Bertz CT molecular complexity index is 391. The molecule has 2 atom stereocenters. The van der Waals surface area contributed by atoms with Gasteiger partial charge in [-0.25, -0.2) is 4.79 Å². The molecule has 0 aliphatic rings. The number of rotatable bonds is 5. The van der Waals surface area contributed by atoms with Gasteiger partial charge in [0, 0.05) is 0 Å². The second kappa shape index (κ2) is 6.21. The molecular formula is C14H19ClO3. The van der Waals surface area contributed by atoms with E-state index >= 15 is 0 Å². The number of ether oxygens (including phenoxy) is 1. The molecule has 0 bridgehead atoms. The van der Waals surface area contributed by atoms with Crippen LogP contribution in [0.15, 0.2) is 30.3 Å². The third-order valence-electron chi connectivity index (χ3n) is 2.78. The molecule has 1 aromatic carbocycles. The molecule has 18 heavy (non-hydrogen) atoms. The van der Waals surface area contributed by atoms with Crippen molar-refractivity contribution in [1.29, 1.82) is 0 Å². The Morgan fingerprint density at radius 3 is 2.39 bits per heavy atom. The first-order valence-electron chi connectivity index (χ1n) is 6.04. The highest BCUT2D eigenvalue weighted by atomic mass is 35.5. The lowest BCUT2D eigenvalue weighted by Crippen LogP contribution is -2.41. The zero-order valence-electron chi connectivity index (χ0n) is 10.9. The number of hydrogen-bond acceptors (Lipinski definition) is 3. The van der Waals surface area contributed by atoms with Gasteiger partial charge < -0.3 is 9.84 Å². The number of esters is 1. The zero-order chi connectivity index (χ0) is 13.8. The first-order chi connectivity index (χ1) is 8.41. The molecule has 2 unspecified atom stereocenters. The third-order valence-corrected chi connectivity index (χ3v) is 3.47. The summed E-state index contributed by atoms with van der Waals surface area (Å²) < 4.78 is 5.01. The van der Waals surface area contributed by atoms with Crippen LogP contribution in [-0.4, -0.2) is 23.3 Å². The molecule has 0 amide bonds. The van der Waals surface area contributed by atoms with E-state index in [-0.39, 0.29) is 6.10 Å². The first kappa shape index (κ1) is 15.0. The predicted molar refractivity (Wildman–Crippen MR) is 71.5 cm³/mol. The fraction of sp³-hybridized carbons (Fsp3) is 0.500. The van der Waals surface area contributed by atoms with Gasteiger partial charge in [0.2, 0.25) is 0 Å². The van der Waals surface area contributed by atoms with Gasteiger partial charge in [-0.3, -0.25) is 0 Å². The number of alkyl halides is 1. The molecule has 0 saturated heterocycles. The average Bonchev–Trinajstić information content (AvgIpc) is 2.37. The number of hydrogen-bond donors (Lipinski definition) is 1. The number of carbonyl (C=O) groups excluding carboxylic acids is 1. The number of aliphatic hydroxyl groups is 1. The van der Waals surface area contributed by atoms with Crippen LogP contribution >= 0.6 is 11.6 Å². The minimum absolute atomic E-state index is 0.277. The van der Waals surface area contributed by atoms with Crippen LogP contribution in [0.1, 0.15) is 32.8 Å². The number of aliphatic hydroxyl groups excluding tert-OH is 1. The van der Waals surface area contributed by atoms with Crippen molar-refractivity contribution in [3.8, 4) is 0 Å². The minimum Gasteiger partial charge on any atom is -0.461 e. The standard InChI is InChI=1S/C14H19ClO3/c1-4-14(15,11-8-6-5-7-9-11)12(16)13(17)18-10(2)3/h5-10,12,16H,4H2,1-3H3. The van der Waals surface area contributed by atoms with Crippen LogP contribution < -0.4 is 0 Å². The van der Waals surface area contributed by atoms with Gasteiger partial charge in [0.25, 0.3) is 0 Å². The molecule has 0 aliphatic heterocycles. The van der Waals surface area contributed by atoms with Crippen LogP contribution in [0.25, 0.3) is 0 Å². The highest BCUT2D eigenvalue weighted by molar-refractivity contribution is 6.25. The first-order valence-corrected chi connectivity index (χ1v) is 6.42. The molecule has 3 nitrogen and oxygen atoms in total. The van der Waals surface area contributed by atoms with Gasteiger partial charge in [0.1, 0.15) is 4.87 Å². The van der Waals surface area contributed by atoms with Gasteiger partial charge in [-0.2, -0.15) is 0 Å². The summed E-state index contributed by atoms with van der Waals surface area (Å²) in [4.78, 5) is 10.6. The largest absolute Gasteiger partial charge is 0.461 e. The Morgan fingerprint density at radius 2 is 1.94 bits per heavy atom. The van der Waals surface area contributed by atoms with Gasteiger partial charge in [0.05, 0.1) is 6.10 Å². The van der Waals surface area contributed by atoms with Crippen molar-refractivity contribution in [2.45, 2.75) is 44.3 Å². The highest BCUT2D eigenvalue weighted by Crippen LogP contribution is 2.36. The van der Waals surface area contributed by atoms with Crippen molar-refractivity contribution in [2.75, 3.05) is 0 Å². The summed E-state index contributed by atoms with van der Waals surface area (Å²) in [5, 5.41) is 10.1. The summed E-state index contributed by atoms with van der Waals surface area (Å²) in [5.41, 5.74) is 0.711. The molecule has 0 heterocycles. The lowest BCUT2D eigenvalue weighted by Gasteiger charge is -2.30. The Balaban J connectivity index is 2.98. The van der Waals surface area contributed by atoms with Crippen molar-refractivity contribution < 1.29 is 14.6 Å². The zero-order valence-corrected chi connectivity index (χ0v) is 11.6. The van der Waals surface area contributed by atoms with E-state index < -0.39 is 16.9 Å². The molecule has 0 radical (unpaired) electrons. The van der Waals surface area contributed by atoms with E-state index in [0.717, 1.165) is 0 Å². The van der Waals surface area contributed by atoms with Crippen LogP contribution in [0.2, 0.25) is 0 Å². The molecule has 1 rings (SSSR count). The van der Waals surface area contributed by atoms with E-state index in [1.54, 1.807) is 26.0 Å². The van der Waals surface area contributed by atoms with Crippen molar-refractivity contribution in [1.82, 2.24) is 0 Å². The molecule has 1 aromatic rings. The van der Waals surface area contributed by atoms with Crippen LogP contribution in [-0.2, 0) is 14.4 Å². The van der Waals surface area contributed by atoms with Gasteiger partial charge >= 0.3 is 5.97 Å². The van der Waals surface area contributed by atoms with Gasteiger partial charge in [-0.05, 0) is 25.8 Å². The molecule has 0 aromatic heterocycles. The predicted octanol–water partition coefficient (Wildman–Crippen LogP) is 2.84. The van der Waals surface area contributed by atoms with Gasteiger partial charge in [-0.15, -0.1) is 11.6 Å². The maximum absolute atomic E-state index is 11.8. The van der Waals surface area contributed by atoms with Crippen LogP contribution in [0.3, 0.4) is 0 Å². The van der Waals surface area contributed by atoms with Crippen LogP contribution in [0, 0.1) is 0 Å². The Kier molecular flexibility index (Phi) is 5.17. The van der Waals surface area contributed by atoms with Crippen molar-refractivity contribution >= 4 is 17.6 Å². The van der Waals surface area contributed by atoms with Crippen molar-refractivity contribution in [2.24, 2.45) is 0 Å². The van der Waals surface area contributed by atoms with Gasteiger partial charge in [0.15, 0.2) is 6.10 Å². The Morgan fingerprint density at radius 1 is 1.39 bits per heavy atom. The topological polar surface area (TPSA) is 46.5 Å². The Labute approximate surface area is 113 Å². The average molecular weight is 271 g/mol. The summed E-state index contributed by atoms with van der Waals surface area (Å²) in [6, 6.07) is 9.09. The quantitative estimate of drug-likeness (QED) is 0.661. The third kappa shape index (κ3) is 3.24. The highest BCUT2D eigenvalue weighted by Gasteiger charge is 2.41. The second-order valence-electron chi connectivity index (χ2n) is 4.47. The number of carbonyl (C=O) groups is 1. The SMILES string of the molecule is CCC(Cl)(c1ccccc1)C(O)C(=O)OC(C)C. The monoisotopic (exact) mass is 270 g/mol. The van der Waals surface area contributed by atoms with E-state index in [1.807, 2.05) is 25.1 Å². The summed E-state index contributed by atoms with van der Waals surface area (Å²) >= 11 is 6.43. The minimum atomic E-state index is -1.38. The molecule has 100 valence electrons. The van der Waals surface area contributed by atoms with Crippen LogP contribution in [0.5, 0.6) is 0 Å². The number of benzene rings is 1. The molecule has 0 saturated carbocycles. The van der Waals surface area contributed by atoms with Crippen molar-refractivity contribution in [3.05, 3.63) is 35.9 Å².